The van der Waals surface area contributed by atoms with Crippen LogP contribution in [0.3, 0.4) is 0 Å². The Hall–Kier alpha value is -1.04. The van der Waals surface area contributed by atoms with Gasteiger partial charge in [-0.15, -0.1) is 24.0 Å². The number of hydrogen-bond donors (Lipinski definition) is 2. The van der Waals surface area contributed by atoms with Crippen molar-refractivity contribution in [3.63, 3.8) is 0 Å². The van der Waals surface area contributed by atoms with E-state index in [1.165, 1.54) is 30.8 Å². The molecule has 1 saturated heterocycles. The molecule has 1 aliphatic carbocycles. The molecule has 2 N–H and O–H groups in total. The van der Waals surface area contributed by atoms with Gasteiger partial charge < -0.3 is 10.6 Å². The minimum Gasteiger partial charge on any atom is -0.352 e. The van der Waals surface area contributed by atoms with Crippen LogP contribution in [-0.2, 0) is 19.8 Å². The number of aryl methyl sites for hydroxylation is 1. The molecule has 25 heavy (non-hydrogen) atoms. The quantitative estimate of drug-likeness (QED) is 0.400. The average Bonchev–Trinajstić information content (AvgIpc) is 3.13. The van der Waals surface area contributed by atoms with Gasteiger partial charge in [-0.05, 0) is 19.3 Å². The van der Waals surface area contributed by atoms with Crippen molar-refractivity contribution in [1.82, 2.24) is 25.3 Å². The van der Waals surface area contributed by atoms with Gasteiger partial charge in [0, 0.05) is 57.6 Å². The molecular weight excluding hydrogens is 448 g/mol. The van der Waals surface area contributed by atoms with Crippen LogP contribution in [0.5, 0.6) is 0 Å². The first-order chi connectivity index (χ1) is 11.4. The van der Waals surface area contributed by atoms with Crippen LogP contribution >= 0.6 is 24.0 Å². The highest BCUT2D eigenvalue weighted by molar-refractivity contribution is 14.0. The molecule has 2 heterocycles. The van der Waals surface area contributed by atoms with Gasteiger partial charge in [0.05, 0.1) is 0 Å². The lowest BCUT2D eigenvalue weighted by Crippen LogP contribution is -2.44. The molecule has 3 rings (SSSR count). The minimum absolute atomic E-state index is 0. The van der Waals surface area contributed by atoms with E-state index in [-0.39, 0.29) is 42.1 Å². The molecule has 2 aliphatic rings. The molecule has 142 valence electrons. The Morgan fingerprint density at radius 3 is 2.68 bits per heavy atom. The molecular formula is C15H24F3IN6. The van der Waals surface area contributed by atoms with E-state index in [1.54, 1.807) is 7.05 Å². The second-order valence-corrected chi connectivity index (χ2v) is 6.46. The fraction of sp³-hybridized carbons (Fsp3) is 0.733. The third-order valence-electron chi connectivity index (χ3n) is 4.47. The van der Waals surface area contributed by atoms with Crippen LogP contribution in [0.4, 0.5) is 13.2 Å². The summed E-state index contributed by atoms with van der Waals surface area (Å²) >= 11 is 0. The monoisotopic (exact) mass is 472 g/mol. The topological polar surface area (TPSA) is 57.5 Å². The molecule has 1 aromatic rings. The van der Waals surface area contributed by atoms with Crippen LogP contribution in [0.15, 0.2) is 11.2 Å². The number of likely N-dealkylation sites (tertiary alicyclic amines) is 1. The molecule has 10 heteroatoms. The van der Waals surface area contributed by atoms with E-state index in [9.17, 15) is 13.2 Å². The third kappa shape index (κ3) is 5.22. The smallest absolute Gasteiger partial charge is 0.352 e. The van der Waals surface area contributed by atoms with Crippen LogP contribution < -0.4 is 10.6 Å². The van der Waals surface area contributed by atoms with Gasteiger partial charge in [-0.3, -0.25) is 14.6 Å². The van der Waals surface area contributed by atoms with Gasteiger partial charge in [0.25, 0.3) is 0 Å². The Morgan fingerprint density at radius 2 is 2.08 bits per heavy atom. The molecule has 1 atom stereocenters. The van der Waals surface area contributed by atoms with Crippen molar-refractivity contribution in [2.75, 3.05) is 20.1 Å². The van der Waals surface area contributed by atoms with Crippen molar-refractivity contribution < 1.29 is 13.2 Å². The number of aromatic nitrogens is 2. The molecule has 0 amide bonds. The van der Waals surface area contributed by atoms with Crippen molar-refractivity contribution in [2.24, 2.45) is 12.0 Å². The lowest BCUT2D eigenvalue weighted by molar-refractivity contribution is -0.142. The first-order valence-electron chi connectivity index (χ1n) is 8.17. The van der Waals surface area contributed by atoms with Gasteiger partial charge in [0.2, 0.25) is 0 Å². The van der Waals surface area contributed by atoms with E-state index in [4.69, 9.17) is 0 Å². The fourth-order valence-corrected chi connectivity index (χ4v) is 3.15. The number of halogens is 4. The van der Waals surface area contributed by atoms with Gasteiger partial charge in [-0.2, -0.15) is 18.3 Å². The van der Waals surface area contributed by atoms with Crippen molar-refractivity contribution in [1.29, 1.82) is 0 Å². The van der Waals surface area contributed by atoms with E-state index >= 15 is 0 Å². The van der Waals surface area contributed by atoms with Gasteiger partial charge in [-0.25, -0.2) is 0 Å². The van der Waals surface area contributed by atoms with Crippen molar-refractivity contribution in [2.45, 2.75) is 44.1 Å². The second-order valence-electron chi connectivity index (χ2n) is 6.46. The average molecular weight is 472 g/mol. The van der Waals surface area contributed by atoms with E-state index < -0.39 is 11.9 Å². The molecule has 1 unspecified atom stereocenters. The van der Waals surface area contributed by atoms with E-state index in [2.05, 4.69) is 25.6 Å². The highest BCUT2D eigenvalue weighted by Crippen LogP contribution is 2.31. The zero-order valence-electron chi connectivity index (χ0n) is 14.3. The predicted molar refractivity (Wildman–Crippen MR) is 100.0 cm³/mol. The number of nitrogens with one attached hydrogen (secondary N) is 2. The van der Waals surface area contributed by atoms with E-state index in [0.29, 0.717) is 5.96 Å². The third-order valence-corrected chi connectivity index (χ3v) is 4.47. The minimum atomic E-state index is -4.45. The summed E-state index contributed by atoms with van der Waals surface area (Å²) in [6.45, 7) is 2.06. The molecule has 0 radical (unpaired) electrons. The highest BCUT2D eigenvalue weighted by Gasteiger charge is 2.37. The summed E-state index contributed by atoms with van der Waals surface area (Å²) in [5.41, 5.74) is -0.743. The normalized spacial score (nSPS) is 22.0. The summed E-state index contributed by atoms with van der Waals surface area (Å²) in [7, 11) is 3.10. The van der Waals surface area contributed by atoms with Crippen LogP contribution in [-0.4, -0.2) is 52.9 Å². The van der Waals surface area contributed by atoms with E-state index in [1.807, 2.05) is 0 Å². The Kier molecular flexibility index (Phi) is 6.57. The zero-order chi connectivity index (χ0) is 17.3. The maximum atomic E-state index is 13.0. The molecule has 1 aromatic heterocycles. The van der Waals surface area contributed by atoms with Crippen molar-refractivity contribution in [3.8, 4) is 0 Å². The maximum Gasteiger partial charge on any atom is 0.435 e. The summed E-state index contributed by atoms with van der Waals surface area (Å²) in [6.07, 6.45) is 0.513. The SMILES string of the molecule is CN=C(NCc1cn(C)nc1C(F)(F)F)NC1CCN(C2CC2)C1.I. The molecule has 0 bridgehead atoms. The Labute approximate surface area is 162 Å². The highest BCUT2D eigenvalue weighted by atomic mass is 127. The summed E-state index contributed by atoms with van der Waals surface area (Å²) in [5.74, 6) is 0.523. The largest absolute Gasteiger partial charge is 0.435 e. The van der Waals surface area contributed by atoms with Crippen molar-refractivity contribution >= 4 is 29.9 Å². The molecule has 6 nitrogen and oxygen atoms in total. The van der Waals surface area contributed by atoms with Crippen molar-refractivity contribution in [3.05, 3.63) is 17.5 Å². The van der Waals surface area contributed by atoms with Crippen LogP contribution in [0.1, 0.15) is 30.5 Å². The molecule has 2 fully saturated rings. The van der Waals surface area contributed by atoms with E-state index in [0.717, 1.165) is 25.6 Å². The first-order valence-corrected chi connectivity index (χ1v) is 8.17. The summed E-state index contributed by atoms with van der Waals surface area (Å²) in [4.78, 5) is 6.58. The summed E-state index contributed by atoms with van der Waals surface area (Å²) in [6, 6.07) is 1.02. The molecule has 0 aromatic carbocycles. The van der Waals surface area contributed by atoms with Crippen LogP contribution in [0.2, 0.25) is 0 Å². The summed E-state index contributed by atoms with van der Waals surface area (Å²) in [5, 5.41) is 9.78. The number of hydrogen-bond acceptors (Lipinski definition) is 3. The number of rotatable bonds is 4. The Morgan fingerprint density at radius 1 is 1.36 bits per heavy atom. The van der Waals surface area contributed by atoms with Gasteiger partial charge in [0.15, 0.2) is 11.7 Å². The number of aliphatic imine (C=N–C) groups is 1. The molecule has 1 aliphatic heterocycles. The number of nitrogens with zero attached hydrogens (tertiary/aromatic N) is 4. The Bertz CT molecular complexity index is 611. The number of guanidine groups is 1. The first kappa shape index (κ1) is 20.3. The van der Waals surface area contributed by atoms with Gasteiger partial charge in [-0.1, -0.05) is 0 Å². The lowest BCUT2D eigenvalue weighted by atomic mass is 10.2. The van der Waals surface area contributed by atoms with Gasteiger partial charge in [0.1, 0.15) is 0 Å². The molecule has 0 spiro atoms. The van der Waals surface area contributed by atoms with Crippen LogP contribution in [0.25, 0.3) is 0 Å². The second kappa shape index (κ2) is 8.11. The Balaban J connectivity index is 0.00000225. The molecule has 1 saturated carbocycles. The standard InChI is InChI=1S/C15H23F3N6.HI/c1-19-14(21-11-5-6-24(9-11)12-3-4-12)20-7-10-8-23(2)22-13(10)15(16,17)18;/h8,11-12H,3-7,9H2,1-2H3,(H2,19,20,21);1H. The maximum absolute atomic E-state index is 13.0. The fourth-order valence-electron chi connectivity index (χ4n) is 3.15. The zero-order valence-corrected chi connectivity index (χ0v) is 16.6. The predicted octanol–water partition coefficient (Wildman–Crippen LogP) is 1.96. The number of alkyl halides is 3. The van der Waals surface area contributed by atoms with Crippen LogP contribution in [0, 0.1) is 0 Å². The lowest BCUT2D eigenvalue weighted by Gasteiger charge is -2.18. The van der Waals surface area contributed by atoms with Gasteiger partial charge >= 0.3 is 6.18 Å². The summed E-state index contributed by atoms with van der Waals surface area (Å²) < 4.78 is 40.1.